The summed E-state index contributed by atoms with van der Waals surface area (Å²) in [5, 5.41) is -0.0584. The first-order valence-electron chi connectivity index (χ1n) is 3.18. The van der Waals surface area contributed by atoms with E-state index in [1.807, 2.05) is 22.8 Å². The number of halogens is 1. The average Bonchev–Trinajstić information content (AvgIpc) is 2.27. The molecule has 1 aromatic carbocycles. The zero-order chi connectivity index (χ0) is 7.84. The lowest BCUT2D eigenvalue weighted by Gasteiger charge is -1.95. The van der Waals surface area contributed by atoms with E-state index in [1.165, 1.54) is 15.4 Å². The fraction of sp³-hybridized carbons (Fsp3) is 0.143. The molecule has 0 amide bonds. The van der Waals surface area contributed by atoms with Crippen LogP contribution in [0, 0.1) is 6.92 Å². The van der Waals surface area contributed by atoms with Crippen molar-refractivity contribution in [3.05, 3.63) is 23.8 Å². The molecule has 1 atom stereocenters. The fourth-order valence-corrected chi connectivity index (χ4v) is 9.14. The molecule has 0 saturated carbocycles. The van der Waals surface area contributed by atoms with Crippen LogP contribution in [0.4, 0.5) is 0 Å². The van der Waals surface area contributed by atoms with Gasteiger partial charge in [0.15, 0.2) is 0 Å². The summed E-state index contributed by atoms with van der Waals surface area (Å²) in [4.78, 5) is 2.88. The zero-order valence-corrected chi connectivity index (χ0v) is 9.99. The molecule has 0 bridgehead atoms. The molecule has 2 rings (SSSR count). The van der Waals surface area contributed by atoms with E-state index in [1.54, 1.807) is 0 Å². The molecule has 1 aliphatic heterocycles. The summed E-state index contributed by atoms with van der Waals surface area (Å²) in [5.74, 6) is 0. The molecule has 0 aromatic heterocycles. The molecule has 0 radical (unpaired) electrons. The van der Waals surface area contributed by atoms with Crippen molar-refractivity contribution >= 4 is 43.3 Å². The molecule has 0 fully saturated rings. The van der Waals surface area contributed by atoms with Crippen LogP contribution in [0.5, 0.6) is 0 Å². The van der Waals surface area contributed by atoms with Gasteiger partial charge < -0.3 is 0 Å². The Bertz CT molecular complexity index is 290. The van der Waals surface area contributed by atoms with Gasteiger partial charge in [0.25, 0.3) is 0 Å². The second kappa shape index (κ2) is 3.29. The summed E-state index contributed by atoms with van der Waals surface area (Å²) < 4.78 is 0. The van der Waals surface area contributed by atoms with Gasteiger partial charge in [-0.2, -0.15) is 0 Å². The van der Waals surface area contributed by atoms with Crippen LogP contribution in [-0.2, 0) is 0 Å². The number of rotatable bonds is 0. The minimum Gasteiger partial charge on any atom is -0.0740 e. The Morgan fingerprint density at radius 1 is 1.27 bits per heavy atom. The van der Waals surface area contributed by atoms with Crippen molar-refractivity contribution in [1.29, 1.82) is 0 Å². The van der Waals surface area contributed by atoms with E-state index < -0.39 is 0 Å². The molecule has 0 aliphatic carbocycles. The first kappa shape index (κ1) is 8.43. The number of benzene rings is 1. The van der Waals surface area contributed by atoms with E-state index in [2.05, 4.69) is 40.6 Å². The van der Waals surface area contributed by atoms with Crippen LogP contribution in [0.25, 0.3) is 0 Å². The lowest BCUT2D eigenvalue weighted by Crippen LogP contribution is -1.73. The smallest absolute Gasteiger partial charge is 0.0740 e. The highest BCUT2D eigenvalue weighted by Crippen LogP contribution is 2.77. The van der Waals surface area contributed by atoms with Gasteiger partial charge in [0.1, 0.15) is 0 Å². The maximum atomic E-state index is 3.63. The summed E-state index contributed by atoms with van der Waals surface area (Å²) in [6.07, 6.45) is 0. The Labute approximate surface area is 83.5 Å². The zero-order valence-electron chi connectivity index (χ0n) is 5.87. The lowest BCUT2D eigenvalue weighted by molar-refractivity contribution is 1.23. The normalized spacial score (nSPS) is 21.8. The van der Waals surface area contributed by atoms with Crippen molar-refractivity contribution in [2.75, 3.05) is 0 Å². The standard InChI is InChI=1S/C7H6BrPS2/c1-5-2-3-6-7(4-5)11-9(8)10-6/h2-4H,1H3/t9-/m1/s1. The SMILES string of the molecule is Cc1ccc2c(c1)S[P@](Br)S2. The first-order chi connectivity index (χ1) is 5.25. The van der Waals surface area contributed by atoms with E-state index in [0.29, 0.717) is 0 Å². The van der Waals surface area contributed by atoms with Crippen LogP contribution in [0.3, 0.4) is 0 Å². The summed E-state index contributed by atoms with van der Waals surface area (Å²) in [6.45, 7) is 2.14. The van der Waals surface area contributed by atoms with Crippen LogP contribution in [0.15, 0.2) is 28.0 Å². The number of hydrogen-bond acceptors (Lipinski definition) is 2. The second-order valence-electron chi connectivity index (χ2n) is 2.35. The summed E-state index contributed by atoms with van der Waals surface area (Å²) in [7, 11) is 0. The maximum absolute atomic E-state index is 3.63. The monoisotopic (exact) mass is 264 g/mol. The van der Waals surface area contributed by atoms with Gasteiger partial charge in [-0.1, -0.05) is 28.8 Å². The lowest BCUT2D eigenvalue weighted by atomic mass is 10.2. The molecule has 11 heavy (non-hydrogen) atoms. The third-order valence-corrected chi connectivity index (χ3v) is 8.93. The van der Waals surface area contributed by atoms with Gasteiger partial charge >= 0.3 is 0 Å². The van der Waals surface area contributed by atoms with Gasteiger partial charge in [-0.25, -0.2) is 0 Å². The molecular formula is C7H6BrPS2. The molecule has 0 nitrogen and oxygen atoms in total. The molecule has 4 heteroatoms. The van der Waals surface area contributed by atoms with Crippen molar-refractivity contribution in [1.82, 2.24) is 0 Å². The van der Waals surface area contributed by atoms with Crippen molar-refractivity contribution in [2.24, 2.45) is 0 Å². The van der Waals surface area contributed by atoms with Gasteiger partial charge in [0.05, 0.1) is 5.03 Å². The summed E-state index contributed by atoms with van der Waals surface area (Å²) in [6, 6.07) is 6.65. The molecule has 1 aromatic rings. The quantitative estimate of drug-likeness (QED) is 0.617. The molecule has 0 spiro atoms. The average molecular weight is 265 g/mol. The Morgan fingerprint density at radius 3 is 2.82 bits per heavy atom. The predicted octanol–water partition coefficient (Wildman–Crippen LogP) is 4.81. The minimum absolute atomic E-state index is 0.0584. The Kier molecular flexibility index (Phi) is 2.52. The second-order valence-corrected chi connectivity index (χ2v) is 12.9. The highest BCUT2D eigenvalue weighted by molar-refractivity contribution is 9.57. The van der Waals surface area contributed by atoms with E-state index in [0.717, 1.165) is 0 Å². The molecule has 0 unspecified atom stereocenters. The molecule has 58 valence electrons. The molecule has 0 saturated heterocycles. The van der Waals surface area contributed by atoms with E-state index >= 15 is 0 Å². The van der Waals surface area contributed by atoms with Crippen LogP contribution in [-0.4, -0.2) is 0 Å². The number of fused-ring (bicyclic) bond motifs is 1. The Morgan fingerprint density at radius 2 is 2.00 bits per heavy atom. The highest BCUT2D eigenvalue weighted by Gasteiger charge is 2.20. The van der Waals surface area contributed by atoms with Gasteiger partial charge in [-0.05, 0) is 40.1 Å². The van der Waals surface area contributed by atoms with Crippen LogP contribution < -0.4 is 0 Å². The van der Waals surface area contributed by atoms with Crippen molar-refractivity contribution in [3.8, 4) is 0 Å². The van der Waals surface area contributed by atoms with Gasteiger partial charge in [-0.3, -0.25) is 0 Å². The third-order valence-electron chi connectivity index (χ3n) is 1.44. The predicted molar refractivity (Wildman–Crippen MR) is 58.7 cm³/mol. The van der Waals surface area contributed by atoms with Crippen LogP contribution in [0.1, 0.15) is 5.56 Å². The van der Waals surface area contributed by atoms with Crippen molar-refractivity contribution < 1.29 is 0 Å². The Hall–Kier alpha value is 0.830. The third kappa shape index (κ3) is 1.77. The number of hydrogen-bond donors (Lipinski definition) is 0. The Balaban J connectivity index is 2.43. The first-order valence-corrected chi connectivity index (χ1v) is 9.38. The summed E-state index contributed by atoms with van der Waals surface area (Å²) in [5.41, 5.74) is 1.36. The van der Waals surface area contributed by atoms with E-state index in [-0.39, 0.29) is 5.03 Å². The van der Waals surface area contributed by atoms with Crippen molar-refractivity contribution in [2.45, 2.75) is 16.7 Å². The van der Waals surface area contributed by atoms with E-state index in [4.69, 9.17) is 0 Å². The molecule has 1 aliphatic rings. The highest BCUT2D eigenvalue weighted by atomic mass is 79.9. The minimum atomic E-state index is -0.0584. The van der Waals surface area contributed by atoms with Gasteiger partial charge in [-0.15, -0.1) is 0 Å². The van der Waals surface area contributed by atoms with Crippen molar-refractivity contribution in [3.63, 3.8) is 0 Å². The molecular weight excluding hydrogens is 259 g/mol. The fourth-order valence-electron chi connectivity index (χ4n) is 0.935. The maximum Gasteiger partial charge on any atom is 0.0930 e. The van der Waals surface area contributed by atoms with Crippen LogP contribution >= 0.6 is 43.3 Å². The number of aryl methyl sites for hydroxylation is 1. The summed E-state index contributed by atoms with van der Waals surface area (Å²) >= 11 is 7.53. The topological polar surface area (TPSA) is 0 Å². The molecule has 1 heterocycles. The van der Waals surface area contributed by atoms with E-state index in [9.17, 15) is 0 Å². The largest absolute Gasteiger partial charge is 0.0930 e. The van der Waals surface area contributed by atoms with Gasteiger partial charge in [0, 0.05) is 9.79 Å². The van der Waals surface area contributed by atoms with Crippen LogP contribution in [0.2, 0.25) is 0 Å². The van der Waals surface area contributed by atoms with Gasteiger partial charge in [0.2, 0.25) is 0 Å². The molecule has 0 N–H and O–H groups in total.